The van der Waals surface area contributed by atoms with Gasteiger partial charge in [-0.05, 0) is 48.4 Å². The van der Waals surface area contributed by atoms with Gasteiger partial charge in [0, 0.05) is 43.1 Å². The number of pyridine rings is 1. The molecule has 0 bridgehead atoms. The highest BCUT2D eigenvalue weighted by atomic mass is 32.2. The third-order valence-electron chi connectivity index (χ3n) is 6.03. The molecule has 0 saturated heterocycles. The molecule has 2 aromatic carbocycles. The monoisotopic (exact) mass is 551 g/mol. The Hall–Kier alpha value is -4.00. The molecule has 13 heteroatoms. The number of hydrogen-bond donors (Lipinski definition) is 1. The zero-order chi connectivity index (χ0) is 27.5. The molecule has 1 aliphatic heterocycles. The summed E-state index contributed by atoms with van der Waals surface area (Å²) in [5.74, 6) is -0.136. The van der Waals surface area contributed by atoms with Crippen molar-refractivity contribution in [3.05, 3.63) is 72.1 Å². The van der Waals surface area contributed by atoms with Gasteiger partial charge in [-0.15, -0.1) is 0 Å². The van der Waals surface area contributed by atoms with E-state index in [4.69, 9.17) is 9.47 Å². The summed E-state index contributed by atoms with van der Waals surface area (Å²) < 4.78 is 74.9. The van der Waals surface area contributed by atoms with Crippen LogP contribution >= 0.6 is 0 Å². The topological polar surface area (TPSA) is 107 Å². The van der Waals surface area contributed by atoms with E-state index in [9.17, 15) is 26.4 Å². The summed E-state index contributed by atoms with van der Waals surface area (Å²) in [6.07, 6.45) is 3.84. The number of fused-ring (bicyclic) bond motifs is 1. The zero-order valence-electron chi connectivity index (χ0n) is 20.4. The van der Waals surface area contributed by atoms with Crippen molar-refractivity contribution < 1.29 is 40.0 Å². The van der Waals surface area contributed by atoms with Crippen molar-refractivity contribution in [1.82, 2.24) is 4.98 Å². The summed E-state index contributed by atoms with van der Waals surface area (Å²) in [5.41, 5.74) is -2.25. The number of carbonyl (C=O) groups excluding carboxylic acids is 1. The van der Waals surface area contributed by atoms with Gasteiger partial charge in [0.1, 0.15) is 11.5 Å². The lowest BCUT2D eigenvalue weighted by atomic mass is 9.92. The molecule has 1 N–H and O–H groups in total. The van der Waals surface area contributed by atoms with E-state index in [-0.39, 0.29) is 5.92 Å². The number of benzene rings is 2. The van der Waals surface area contributed by atoms with Crippen molar-refractivity contribution >= 4 is 33.1 Å². The standard InChI is InChI=1S/C25H24F3N3O6S/c1-31(17-3-6-19(7-4-17)37-38(33,34)25(26,27)28)18-5-8-20-16(10-12-36-23(20)13-18)14-30-22-15-29-11-9-21(22)24(32)35-2/h3-9,11,13,15-16,30H,10,12,14H2,1-2H3/t16-/m0/s1. The molecule has 4 rings (SSSR count). The quantitative estimate of drug-likeness (QED) is 0.239. The molecule has 0 fully saturated rings. The minimum Gasteiger partial charge on any atom is -0.493 e. The van der Waals surface area contributed by atoms with E-state index in [2.05, 4.69) is 14.5 Å². The third kappa shape index (κ3) is 5.77. The van der Waals surface area contributed by atoms with Gasteiger partial charge in [0.25, 0.3) is 0 Å². The first-order valence-electron chi connectivity index (χ1n) is 11.4. The molecule has 2 heterocycles. The fourth-order valence-electron chi connectivity index (χ4n) is 3.98. The molecule has 3 aromatic rings. The van der Waals surface area contributed by atoms with E-state index in [0.717, 1.165) is 29.8 Å². The number of nitrogens with zero attached hydrogens (tertiary/aromatic N) is 2. The molecule has 0 unspecified atom stereocenters. The van der Waals surface area contributed by atoms with E-state index < -0.39 is 27.3 Å². The van der Waals surface area contributed by atoms with Crippen LogP contribution in [0.2, 0.25) is 0 Å². The lowest BCUT2D eigenvalue weighted by molar-refractivity contribution is -0.0500. The number of carbonyl (C=O) groups is 1. The predicted octanol–water partition coefficient (Wildman–Crippen LogP) is 4.84. The first kappa shape index (κ1) is 27.0. The lowest BCUT2D eigenvalue weighted by Gasteiger charge is -2.28. The maximum Gasteiger partial charge on any atom is 0.534 e. The summed E-state index contributed by atoms with van der Waals surface area (Å²) in [7, 11) is -2.68. The number of methoxy groups -OCH3 is 1. The van der Waals surface area contributed by atoms with Crippen molar-refractivity contribution in [2.24, 2.45) is 0 Å². The Morgan fingerprint density at radius 2 is 1.87 bits per heavy atom. The Morgan fingerprint density at radius 1 is 1.16 bits per heavy atom. The van der Waals surface area contributed by atoms with E-state index in [1.165, 1.54) is 25.4 Å². The van der Waals surface area contributed by atoms with Crippen molar-refractivity contribution in [2.45, 2.75) is 17.8 Å². The number of alkyl halides is 3. The predicted molar refractivity (Wildman–Crippen MR) is 133 cm³/mol. The Labute approximate surface area is 217 Å². The molecule has 1 aliphatic rings. The minimum absolute atomic E-state index is 0.0934. The Morgan fingerprint density at radius 3 is 2.55 bits per heavy atom. The van der Waals surface area contributed by atoms with E-state index >= 15 is 0 Å². The number of rotatable bonds is 8. The van der Waals surface area contributed by atoms with Gasteiger partial charge < -0.3 is 23.9 Å². The molecular formula is C25H24F3N3O6S. The molecule has 0 saturated carbocycles. The normalized spacial score (nSPS) is 15.1. The SMILES string of the molecule is COC(=O)c1ccncc1NC[C@@H]1CCOc2cc(N(C)c3ccc(OS(=O)(=O)C(F)(F)F)cc3)ccc21. The first-order chi connectivity index (χ1) is 18.0. The van der Waals surface area contributed by atoms with Gasteiger partial charge in [0.05, 0.1) is 31.2 Å². The van der Waals surface area contributed by atoms with Crippen molar-refractivity contribution in [1.29, 1.82) is 0 Å². The van der Waals surface area contributed by atoms with E-state index in [1.807, 2.05) is 18.2 Å². The highest BCUT2D eigenvalue weighted by Crippen LogP contribution is 2.38. The highest BCUT2D eigenvalue weighted by Gasteiger charge is 2.48. The van der Waals surface area contributed by atoms with Gasteiger partial charge in [0.2, 0.25) is 0 Å². The first-order valence-corrected chi connectivity index (χ1v) is 12.8. The second kappa shape index (κ2) is 10.8. The minimum atomic E-state index is -5.74. The second-order valence-corrected chi connectivity index (χ2v) is 9.92. The number of aromatic nitrogens is 1. The largest absolute Gasteiger partial charge is 0.534 e. The van der Waals surface area contributed by atoms with Crippen LogP contribution < -0.4 is 19.1 Å². The van der Waals surface area contributed by atoms with Gasteiger partial charge in [-0.1, -0.05) is 6.07 Å². The molecule has 9 nitrogen and oxygen atoms in total. The van der Waals surface area contributed by atoms with Gasteiger partial charge in [-0.2, -0.15) is 21.6 Å². The molecule has 202 valence electrons. The fraction of sp³-hybridized carbons (Fsp3) is 0.280. The van der Waals surface area contributed by atoms with E-state index in [1.54, 1.807) is 24.2 Å². The van der Waals surface area contributed by atoms with Crippen LogP contribution in [-0.4, -0.2) is 52.2 Å². The van der Waals surface area contributed by atoms with Gasteiger partial charge in [0.15, 0.2) is 0 Å². The van der Waals surface area contributed by atoms with Crippen LogP contribution in [0.15, 0.2) is 60.9 Å². The van der Waals surface area contributed by atoms with Gasteiger partial charge in [-0.25, -0.2) is 4.79 Å². The van der Waals surface area contributed by atoms with Crippen LogP contribution in [0.5, 0.6) is 11.5 Å². The summed E-state index contributed by atoms with van der Waals surface area (Å²) in [5, 5.41) is 3.28. The maximum atomic E-state index is 12.6. The smallest absolute Gasteiger partial charge is 0.493 e. The highest BCUT2D eigenvalue weighted by molar-refractivity contribution is 7.88. The molecule has 1 aromatic heterocycles. The number of ether oxygens (including phenoxy) is 2. The molecule has 0 radical (unpaired) electrons. The number of nitrogens with one attached hydrogen (secondary N) is 1. The summed E-state index contributed by atoms with van der Waals surface area (Å²) >= 11 is 0. The van der Waals surface area contributed by atoms with Crippen molar-refractivity contribution in [2.75, 3.05) is 37.5 Å². The number of anilines is 3. The summed E-state index contributed by atoms with van der Waals surface area (Å²) in [4.78, 5) is 17.9. The van der Waals surface area contributed by atoms with Crippen LogP contribution in [0.3, 0.4) is 0 Å². The molecule has 1 atom stereocenters. The zero-order valence-corrected chi connectivity index (χ0v) is 21.2. The van der Waals surface area contributed by atoms with E-state index in [0.29, 0.717) is 35.8 Å². The van der Waals surface area contributed by atoms with Crippen LogP contribution in [0.1, 0.15) is 28.3 Å². The van der Waals surface area contributed by atoms with Crippen molar-refractivity contribution in [3.63, 3.8) is 0 Å². The number of hydrogen-bond acceptors (Lipinski definition) is 9. The average Bonchev–Trinajstić information content (AvgIpc) is 2.90. The number of halogens is 3. The van der Waals surface area contributed by atoms with Gasteiger partial charge in [-0.3, -0.25) is 4.98 Å². The Bertz CT molecular complexity index is 1410. The van der Waals surface area contributed by atoms with Crippen LogP contribution in [-0.2, 0) is 14.9 Å². The molecule has 0 aliphatic carbocycles. The Balaban J connectivity index is 1.47. The molecule has 0 spiro atoms. The fourth-order valence-corrected chi connectivity index (χ4v) is 4.44. The summed E-state index contributed by atoms with van der Waals surface area (Å²) in [6.45, 7) is 1.02. The maximum absolute atomic E-state index is 12.6. The second-order valence-electron chi connectivity index (χ2n) is 8.39. The van der Waals surface area contributed by atoms with Crippen LogP contribution in [0.25, 0.3) is 0 Å². The number of esters is 1. The van der Waals surface area contributed by atoms with Crippen LogP contribution in [0, 0.1) is 0 Å². The summed E-state index contributed by atoms with van der Waals surface area (Å²) in [6, 6.07) is 12.4. The Kier molecular flexibility index (Phi) is 7.67. The third-order valence-corrected chi connectivity index (χ3v) is 7.01. The molecular weight excluding hydrogens is 527 g/mol. The molecule has 38 heavy (non-hydrogen) atoms. The average molecular weight is 552 g/mol. The van der Waals surface area contributed by atoms with Gasteiger partial charge >= 0.3 is 21.6 Å². The lowest BCUT2D eigenvalue weighted by Crippen LogP contribution is -2.28. The van der Waals surface area contributed by atoms with Crippen molar-refractivity contribution in [3.8, 4) is 11.5 Å². The van der Waals surface area contributed by atoms with Crippen LogP contribution in [0.4, 0.5) is 30.2 Å². The molecule has 0 amide bonds.